The molecule has 0 saturated carbocycles. The molecule has 1 heterocycles. The van der Waals surface area contributed by atoms with Gasteiger partial charge in [0.2, 0.25) is 12.2 Å². The van der Waals surface area contributed by atoms with Crippen LogP contribution in [0.1, 0.15) is 45.3 Å². The molecule has 9 heteroatoms. The van der Waals surface area contributed by atoms with Crippen molar-refractivity contribution in [2.45, 2.75) is 45.3 Å². The van der Waals surface area contributed by atoms with Gasteiger partial charge in [-0.2, -0.15) is 5.26 Å². The SMILES string of the molecule is CNC(=NC#N)NCCO[C@@H](c1cccc(Cl)c1)[C@@H]1CCCN(C(=O)OC(C)(C)C)C1. The van der Waals surface area contributed by atoms with Crippen LogP contribution in [0.15, 0.2) is 29.3 Å². The van der Waals surface area contributed by atoms with Crippen molar-refractivity contribution in [1.82, 2.24) is 15.5 Å². The van der Waals surface area contributed by atoms with E-state index >= 15 is 0 Å². The highest BCUT2D eigenvalue weighted by Crippen LogP contribution is 2.34. The Morgan fingerprint density at radius 3 is 2.87 bits per heavy atom. The Balaban J connectivity index is 2.08. The molecule has 8 nitrogen and oxygen atoms in total. The number of aliphatic imine (C=N–C) groups is 1. The molecule has 2 atom stereocenters. The largest absolute Gasteiger partial charge is 0.444 e. The normalized spacial score (nSPS) is 18.1. The molecule has 0 radical (unpaired) electrons. The lowest BCUT2D eigenvalue weighted by Gasteiger charge is -2.37. The summed E-state index contributed by atoms with van der Waals surface area (Å²) in [6, 6.07) is 7.63. The van der Waals surface area contributed by atoms with Gasteiger partial charge in [-0.25, -0.2) is 4.79 Å². The number of ether oxygens (including phenoxy) is 2. The zero-order chi connectivity index (χ0) is 22.9. The third-order valence-electron chi connectivity index (χ3n) is 4.81. The van der Waals surface area contributed by atoms with Crippen LogP contribution in [-0.4, -0.2) is 55.8 Å². The number of rotatable bonds is 6. The first-order chi connectivity index (χ1) is 14.7. The number of piperidine rings is 1. The van der Waals surface area contributed by atoms with Crippen LogP contribution in [-0.2, 0) is 9.47 Å². The zero-order valence-corrected chi connectivity index (χ0v) is 19.4. The van der Waals surface area contributed by atoms with E-state index in [1.807, 2.05) is 45.0 Å². The third-order valence-corrected chi connectivity index (χ3v) is 5.04. The highest BCUT2D eigenvalue weighted by Gasteiger charge is 2.33. The second-order valence-electron chi connectivity index (χ2n) is 8.41. The Bertz CT molecular complexity index is 803. The van der Waals surface area contributed by atoms with Gasteiger partial charge in [0.05, 0.1) is 12.7 Å². The lowest BCUT2D eigenvalue weighted by atomic mass is 9.88. The number of guanidine groups is 1. The van der Waals surface area contributed by atoms with E-state index in [4.69, 9.17) is 26.3 Å². The van der Waals surface area contributed by atoms with Gasteiger partial charge in [0, 0.05) is 37.6 Å². The second kappa shape index (κ2) is 11.8. The fourth-order valence-electron chi connectivity index (χ4n) is 3.53. The highest BCUT2D eigenvalue weighted by molar-refractivity contribution is 6.30. The van der Waals surface area contributed by atoms with E-state index in [0.29, 0.717) is 37.2 Å². The molecule has 1 aromatic rings. The van der Waals surface area contributed by atoms with E-state index in [1.165, 1.54) is 0 Å². The number of nitrogens with zero attached hydrogens (tertiary/aromatic N) is 3. The predicted molar refractivity (Wildman–Crippen MR) is 121 cm³/mol. The van der Waals surface area contributed by atoms with Crippen LogP contribution in [0.2, 0.25) is 5.02 Å². The van der Waals surface area contributed by atoms with Crippen LogP contribution in [0.5, 0.6) is 0 Å². The van der Waals surface area contributed by atoms with Crippen LogP contribution in [0.25, 0.3) is 0 Å². The molecule has 0 aromatic heterocycles. The Kier molecular flexibility index (Phi) is 9.41. The standard InChI is InChI=1S/C22H32ClN5O3/c1-22(2,3)31-21(29)28-11-6-8-17(14-28)19(16-7-5-9-18(23)13-16)30-12-10-26-20(25-4)27-15-24/h5,7,9,13,17,19H,6,8,10-12,14H2,1-4H3,(H2,25,26,27)/t17-,19+/m1/s1. The summed E-state index contributed by atoms with van der Waals surface area (Å²) >= 11 is 6.23. The summed E-state index contributed by atoms with van der Waals surface area (Å²) in [6.07, 6.45) is 3.03. The van der Waals surface area contributed by atoms with E-state index in [1.54, 1.807) is 18.1 Å². The second-order valence-corrected chi connectivity index (χ2v) is 8.85. The molecule has 31 heavy (non-hydrogen) atoms. The highest BCUT2D eigenvalue weighted by atomic mass is 35.5. The van der Waals surface area contributed by atoms with Crippen molar-refractivity contribution in [3.63, 3.8) is 0 Å². The molecular formula is C22H32ClN5O3. The van der Waals surface area contributed by atoms with E-state index in [9.17, 15) is 4.79 Å². The van der Waals surface area contributed by atoms with Gasteiger partial charge in [-0.05, 0) is 51.3 Å². The maximum atomic E-state index is 12.6. The molecule has 1 amide bonds. The van der Waals surface area contributed by atoms with Crippen molar-refractivity contribution in [3.05, 3.63) is 34.9 Å². The van der Waals surface area contributed by atoms with Crippen LogP contribution in [0, 0.1) is 17.4 Å². The zero-order valence-electron chi connectivity index (χ0n) is 18.7. The molecule has 1 saturated heterocycles. The van der Waals surface area contributed by atoms with Crippen molar-refractivity contribution in [2.75, 3.05) is 33.3 Å². The predicted octanol–water partition coefficient (Wildman–Crippen LogP) is 3.69. The number of carbonyl (C=O) groups is 1. The Hall–Kier alpha value is -2.50. The number of amides is 1. The van der Waals surface area contributed by atoms with Gasteiger partial charge < -0.3 is 25.0 Å². The molecule has 0 spiro atoms. The summed E-state index contributed by atoms with van der Waals surface area (Å²) in [5, 5.41) is 15.2. The molecule has 2 rings (SSSR count). The quantitative estimate of drug-likeness (QED) is 0.297. The Labute approximate surface area is 189 Å². The number of likely N-dealkylation sites (tertiary alicyclic amines) is 1. The molecule has 1 fully saturated rings. The molecule has 0 aliphatic carbocycles. The number of nitriles is 1. The summed E-state index contributed by atoms with van der Waals surface area (Å²) < 4.78 is 11.8. The van der Waals surface area contributed by atoms with Crippen LogP contribution in [0.4, 0.5) is 4.79 Å². The maximum absolute atomic E-state index is 12.6. The average Bonchev–Trinajstić information content (AvgIpc) is 2.71. The molecule has 0 unspecified atom stereocenters. The van der Waals surface area contributed by atoms with Gasteiger partial charge in [0.15, 0.2) is 0 Å². The van der Waals surface area contributed by atoms with E-state index < -0.39 is 5.60 Å². The van der Waals surface area contributed by atoms with E-state index in [2.05, 4.69) is 15.6 Å². The topological polar surface area (TPSA) is 99.0 Å². The van der Waals surface area contributed by atoms with Crippen molar-refractivity contribution < 1.29 is 14.3 Å². The first-order valence-electron chi connectivity index (χ1n) is 10.5. The number of benzene rings is 1. The van der Waals surface area contributed by atoms with Gasteiger partial charge in [0.25, 0.3) is 0 Å². The Morgan fingerprint density at radius 2 is 2.23 bits per heavy atom. The van der Waals surface area contributed by atoms with Gasteiger partial charge >= 0.3 is 6.09 Å². The van der Waals surface area contributed by atoms with Gasteiger partial charge in [-0.15, -0.1) is 4.99 Å². The van der Waals surface area contributed by atoms with Gasteiger partial charge in [-0.3, -0.25) is 0 Å². The molecule has 2 N–H and O–H groups in total. The summed E-state index contributed by atoms with van der Waals surface area (Å²) in [7, 11) is 1.69. The first kappa shape index (κ1) is 24.8. The molecule has 170 valence electrons. The summed E-state index contributed by atoms with van der Waals surface area (Å²) in [5.74, 6) is 0.496. The number of carbonyl (C=O) groups excluding carboxylic acids is 1. The van der Waals surface area contributed by atoms with Gasteiger partial charge in [0.1, 0.15) is 5.60 Å². The summed E-state index contributed by atoms with van der Waals surface area (Å²) in [6.45, 7) is 7.69. The van der Waals surface area contributed by atoms with Crippen LogP contribution < -0.4 is 10.6 Å². The molecule has 1 aliphatic rings. The minimum absolute atomic E-state index is 0.108. The minimum Gasteiger partial charge on any atom is -0.444 e. The first-order valence-corrected chi connectivity index (χ1v) is 10.8. The van der Waals surface area contributed by atoms with E-state index in [0.717, 1.165) is 18.4 Å². The smallest absolute Gasteiger partial charge is 0.410 e. The van der Waals surface area contributed by atoms with Crippen molar-refractivity contribution in [3.8, 4) is 6.19 Å². The number of hydrogen-bond donors (Lipinski definition) is 2. The molecule has 0 bridgehead atoms. The average molecular weight is 450 g/mol. The Morgan fingerprint density at radius 1 is 1.45 bits per heavy atom. The van der Waals surface area contributed by atoms with Crippen molar-refractivity contribution >= 4 is 23.7 Å². The number of hydrogen-bond acceptors (Lipinski definition) is 5. The third kappa shape index (κ3) is 8.27. The molecule has 1 aromatic carbocycles. The maximum Gasteiger partial charge on any atom is 0.410 e. The number of nitrogens with one attached hydrogen (secondary N) is 2. The monoisotopic (exact) mass is 449 g/mol. The number of halogens is 1. The fourth-order valence-corrected chi connectivity index (χ4v) is 3.73. The van der Waals surface area contributed by atoms with Crippen LogP contribution in [0.3, 0.4) is 0 Å². The lowest BCUT2D eigenvalue weighted by Crippen LogP contribution is -2.44. The molecular weight excluding hydrogens is 418 g/mol. The fraction of sp³-hybridized carbons (Fsp3) is 0.591. The summed E-state index contributed by atoms with van der Waals surface area (Å²) in [4.78, 5) is 18.0. The van der Waals surface area contributed by atoms with Crippen LogP contribution >= 0.6 is 11.6 Å². The summed E-state index contributed by atoms with van der Waals surface area (Å²) in [5.41, 5.74) is 0.442. The van der Waals surface area contributed by atoms with Crippen molar-refractivity contribution in [1.29, 1.82) is 5.26 Å². The molecule has 1 aliphatic heterocycles. The minimum atomic E-state index is -0.533. The van der Waals surface area contributed by atoms with Gasteiger partial charge in [-0.1, -0.05) is 23.7 Å². The van der Waals surface area contributed by atoms with E-state index in [-0.39, 0.29) is 18.1 Å². The van der Waals surface area contributed by atoms with Crippen molar-refractivity contribution in [2.24, 2.45) is 10.9 Å². The lowest BCUT2D eigenvalue weighted by molar-refractivity contribution is -0.0240.